The Bertz CT molecular complexity index is 254. The fourth-order valence-electron chi connectivity index (χ4n) is 1.82. The van der Waals surface area contributed by atoms with E-state index in [2.05, 4.69) is 0 Å². The monoisotopic (exact) mass is 199 g/mol. The quantitative estimate of drug-likeness (QED) is 0.610. The molecule has 0 aromatic heterocycles. The van der Waals surface area contributed by atoms with E-state index < -0.39 is 11.4 Å². The van der Waals surface area contributed by atoms with E-state index in [-0.39, 0.29) is 18.7 Å². The minimum atomic E-state index is -0.728. The summed E-state index contributed by atoms with van der Waals surface area (Å²) in [5.74, 6) is -0.448. The van der Waals surface area contributed by atoms with Gasteiger partial charge in [0.25, 0.3) is 0 Å². The standard InChI is InChI=1S/C9H17N3O2/c1-12-4-2-3-9(11,5-7(10)13)6-8(12)14/h2-6,11H2,1H3,(H2,10,13). The lowest BCUT2D eigenvalue weighted by atomic mass is 9.88. The van der Waals surface area contributed by atoms with Crippen LogP contribution in [0.4, 0.5) is 0 Å². The van der Waals surface area contributed by atoms with Crippen molar-refractivity contribution in [2.24, 2.45) is 11.5 Å². The average Bonchev–Trinajstić information content (AvgIpc) is 2.11. The smallest absolute Gasteiger partial charge is 0.224 e. The second-order valence-corrected chi connectivity index (χ2v) is 4.10. The lowest BCUT2D eigenvalue weighted by Gasteiger charge is -2.25. The number of nitrogens with two attached hydrogens (primary N) is 2. The molecule has 0 bridgehead atoms. The molecule has 1 saturated heterocycles. The number of hydrogen-bond acceptors (Lipinski definition) is 3. The first kappa shape index (κ1) is 11.0. The van der Waals surface area contributed by atoms with Gasteiger partial charge in [0.05, 0.1) is 0 Å². The normalized spacial score (nSPS) is 28.7. The number of nitrogens with zero attached hydrogens (tertiary/aromatic N) is 1. The summed E-state index contributed by atoms with van der Waals surface area (Å²) >= 11 is 0. The molecule has 4 N–H and O–H groups in total. The maximum absolute atomic E-state index is 11.5. The summed E-state index contributed by atoms with van der Waals surface area (Å²) in [5.41, 5.74) is 10.3. The summed E-state index contributed by atoms with van der Waals surface area (Å²) in [5, 5.41) is 0. The molecular weight excluding hydrogens is 182 g/mol. The highest BCUT2D eigenvalue weighted by Crippen LogP contribution is 2.23. The van der Waals surface area contributed by atoms with Crippen LogP contribution in [0.1, 0.15) is 25.7 Å². The number of likely N-dealkylation sites (tertiary alicyclic amines) is 1. The van der Waals surface area contributed by atoms with Crippen LogP contribution in [0.2, 0.25) is 0 Å². The van der Waals surface area contributed by atoms with E-state index in [0.29, 0.717) is 13.0 Å². The maximum Gasteiger partial charge on any atom is 0.224 e. The van der Waals surface area contributed by atoms with Gasteiger partial charge in [0, 0.05) is 32.0 Å². The predicted molar refractivity (Wildman–Crippen MR) is 52.2 cm³/mol. The summed E-state index contributed by atoms with van der Waals surface area (Å²) < 4.78 is 0. The van der Waals surface area contributed by atoms with Gasteiger partial charge in [-0.1, -0.05) is 0 Å². The highest BCUT2D eigenvalue weighted by molar-refractivity contribution is 5.80. The molecule has 1 rings (SSSR count). The van der Waals surface area contributed by atoms with Gasteiger partial charge in [0.2, 0.25) is 11.8 Å². The first-order chi connectivity index (χ1) is 6.43. The van der Waals surface area contributed by atoms with Gasteiger partial charge in [-0.15, -0.1) is 0 Å². The maximum atomic E-state index is 11.5. The van der Waals surface area contributed by atoms with Crippen LogP contribution in [0.15, 0.2) is 0 Å². The van der Waals surface area contributed by atoms with Crippen molar-refractivity contribution >= 4 is 11.8 Å². The summed E-state index contributed by atoms with van der Waals surface area (Å²) in [6.07, 6.45) is 1.80. The van der Waals surface area contributed by atoms with Gasteiger partial charge in [-0.05, 0) is 12.8 Å². The van der Waals surface area contributed by atoms with E-state index in [1.54, 1.807) is 11.9 Å². The molecule has 1 unspecified atom stereocenters. The van der Waals surface area contributed by atoms with E-state index in [4.69, 9.17) is 11.5 Å². The number of hydrogen-bond donors (Lipinski definition) is 2. The first-order valence-electron chi connectivity index (χ1n) is 4.74. The van der Waals surface area contributed by atoms with E-state index in [0.717, 1.165) is 6.42 Å². The van der Waals surface area contributed by atoms with Crippen LogP contribution in [0.25, 0.3) is 0 Å². The van der Waals surface area contributed by atoms with Crippen molar-refractivity contribution in [3.63, 3.8) is 0 Å². The molecule has 0 radical (unpaired) electrons. The van der Waals surface area contributed by atoms with Gasteiger partial charge in [0.15, 0.2) is 0 Å². The second-order valence-electron chi connectivity index (χ2n) is 4.10. The zero-order valence-electron chi connectivity index (χ0n) is 8.45. The zero-order chi connectivity index (χ0) is 10.8. The molecule has 0 saturated carbocycles. The van der Waals surface area contributed by atoms with Gasteiger partial charge in [-0.2, -0.15) is 0 Å². The Morgan fingerprint density at radius 3 is 2.86 bits per heavy atom. The molecule has 0 spiro atoms. The predicted octanol–water partition coefficient (Wildman–Crippen LogP) is -0.798. The number of carbonyl (C=O) groups is 2. The number of primary amides is 1. The molecule has 0 aromatic rings. The molecule has 5 heteroatoms. The lowest BCUT2D eigenvalue weighted by Crippen LogP contribution is -2.45. The Hall–Kier alpha value is -1.10. The van der Waals surface area contributed by atoms with Gasteiger partial charge >= 0.3 is 0 Å². The van der Waals surface area contributed by atoms with Gasteiger partial charge in [-0.3, -0.25) is 9.59 Å². The van der Waals surface area contributed by atoms with E-state index >= 15 is 0 Å². The Balaban J connectivity index is 2.69. The number of carbonyl (C=O) groups excluding carboxylic acids is 2. The van der Waals surface area contributed by atoms with Crippen LogP contribution in [-0.4, -0.2) is 35.8 Å². The fraction of sp³-hybridized carbons (Fsp3) is 0.778. The Kier molecular flexibility index (Phi) is 3.10. The third kappa shape index (κ3) is 2.70. The molecule has 1 heterocycles. The molecule has 1 atom stereocenters. The van der Waals surface area contributed by atoms with Crippen LogP contribution in [0.5, 0.6) is 0 Å². The van der Waals surface area contributed by atoms with E-state index in [1.165, 1.54) is 0 Å². The third-order valence-electron chi connectivity index (χ3n) is 2.62. The van der Waals surface area contributed by atoms with Gasteiger partial charge < -0.3 is 16.4 Å². The molecule has 2 amide bonds. The van der Waals surface area contributed by atoms with Crippen molar-refractivity contribution in [1.82, 2.24) is 4.90 Å². The van der Waals surface area contributed by atoms with Crippen molar-refractivity contribution in [3.8, 4) is 0 Å². The first-order valence-corrected chi connectivity index (χ1v) is 4.74. The Morgan fingerprint density at radius 2 is 2.29 bits per heavy atom. The summed E-state index contributed by atoms with van der Waals surface area (Å²) in [7, 11) is 1.75. The van der Waals surface area contributed by atoms with E-state index in [1.807, 2.05) is 0 Å². The summed E-state index contributed by atoms with van der Waals surface area (Å²) in [6, 6.07) is 0. The molecule has 1 aliphatic rings. The van der Waals surface area contributed by atoms with E-state index in [9.17, 15) is 9.59 Å². The van der Waals surface area contributed by atoms with Crippen LogP contribution < -0.4 is 11.5 Å². The molecule has 0 aliphatic carbocycles. The molecule has 5 nitrogen and oxygen atoms in total. The fourth-order valence-corrected chi connectivity index (χ4v) is 1.82. The second kappa shape index (κ2) is 3.96. The van der Waals surface area contributed by atoms with Crippen molar-refractivity contribution in [3.05, 3.63) is 0 Å². The molecule has 0 aromatic carbocycles. The summed E-state index contributed by atoms with van der Waals surface area (Å²) in [6.45, 7) is 0.705. The van der Waals surface area contributed by atoms with Crippen LogP contribution in [0.3, 0.4) is 0 Å². The molecule has 80 valence electrons. The number of amides is 2. The van der Waals surface area contributed by atoms with Gasteiger partial charge in [-0.25, -0.2) is 0 Å². The Labute approximate surface area is 83.4 Å². The Morgan fingerprint density at radius 1 is 1.64 bits per heavy atom. The summed E-state index contributed by atoms with van der Waals surface area (Å²) in [4.78, 5) is 23.9. The highest BCUT2D eigenvalue weighted by atomic mass is 16.2. The molecule has 1 fully saturated rings. The van der Waals surface area contributed by atoms with Gasteiger partial charge in [0.1, 0.15) is 0 Å². The highest BCUT2D eigenvalue weighted by Gasteiger charge is 2.33. The topological polar surface area (TPSA) is 89.4 Å². The minimum absolute atomic E-state index is 0.00810. The van der Waals surface area contributed by atoms with Crippen molar-refractivity contribution in [2.75, 3.05) is 13.6 Å². The SMILES string of the molecule is CN1CCCC(N)(CC(N)=O)CC1=O. The van der Waals surface area contributed by atoms with Crippen molar-refractivity contribution < 1.29 is 9.59 Å². The van der Waals surface area contributed by atoms with Crippen LogP contribution >= 0.6 is 0 Å². The molecular formula is C9H17N3O2. The zero-order valence-corrected chi connectivity index (χ0v) is 8.45. The molecule has 14 heavy (non-hydrogen) atoms. The lowest BCUT2D eigenvalue weighted by molar-refractivity contribution is -0.130. The number of rotatable bonds is 2. The third-order valence-corrected chi connectivity index (χ3v) is 2.62. The average molecular weight is 199 g/mol. The largest absolute Gasteiger partial charge is 0.370 e. The molecule has 1 aliphatic heterocycles. The van der Waals surface area contributed by atoms with Crippen molar-refractivity contribution in [2.45, 2.75) is 31.2 Å². The van der Waals surface area contributed by atoms with Crippen LogP contribution in [0, 0.1) is 0 Å². The van der Waals surface area contributed by atoms with Crippen LogP contribution in [-0.2, 0) is 9.59 Å². The minimum Gasteiger partial charge on any atom is -0.370 e. The van der Waals surface area contributed by atoms with Crippen molar-refractivity contribution in [1.29, 1.82) is 0 Å².